The number of imidazole rings is 1. The highest BCUT2D eigenvalue weighted by atomic mass is 19.1. The van der Waals surface area contributed by atoms with Crippen LogP contribution in [-0.2, 0) is 6.54 Å². The Bertz CT molecular complexity index is 1620. The molecule has 0 radical (unpaired) electrons. The van der Waals surface area contributed by atoms with Gasteiger partial charge in [0.05, 0.1) is 18.6 Å². The summed E-state index contributed by atoms with van der Waals surface area (Å²) in [5.41, 5.74) is 10.9. The van der Waals surface area contributed by atoms with E-state index < -0.39 is 0 Å². The third-order valence-electron chi connectivity index (χ3n) is 7.21. The Balaban J connectivity index is 1.13. The maximum Gasteiger partial charge on any atom is 0.225 e. The van der Waals surface area contributed by atoms with Crippen molar-refractivity contribution in [2.45, 2.75) is 26.8 Å². The first kappa shape index (κ1) is 25.1. The van der Waals surface area contributed by atoms with Crippen molar-refractivity contribution < 1.29 is 9.13 Å². The summed E-state index contributed by atoms with van der Waals surface area (Å²) in [6, 6.07) is 13.1. The molecule has 5 aromatic rings. The highest BCUT2D eigenvalue weighted by Crippen LogP contribution is 2.26. The van der Waals surface area contributed by atoms with Crippen molar-refractivity contribution in [3.63, 3.8) is 0 Å². The lowest BCUT2D eigenvalue weighted by molar-refractivity contribution is 0.248. The van der Waals surface area contributed by atoms with E-state index in [1.54, 1.807) is 10.8 Å². The molecule has 0 saturated carbocycles. The van der Waals surface area contributed by atoms with Crippen molar-refractivity contribution in [2.75, 3.05) is 50.0 Å². The third kappa shape index (κ3) is 4.85. The van der Waals surface area contributed by atoms with Crippen molar-refractivity contribution in [3.8, 4) is 17.1 Å². The number of fused-ring (bicyclic) bond motifs is 3. The first-order chi connectivity index (χ1) is 19.0. The molecule has 39 heavy (non-hydrogen) atoms. The Morgan fingerprint density at radius 1 is 1.00 bits per heavy atom. The maximum atomic E-state index is 14.7. The molecular weight excluding hydrogens is 497 g/mol. The van der Waals surface area contributed by atoms with Gasteiger partial charge in [0, 0.05) is 50.9 Å². The third-order valence-corrected chi connectivity index (χ3v) is 7.21. The van der Waals surface area contributed by atoms with Gasteiger partial charge in [0.1, 0.15) is 11.6 Å². The number of aromatic nitrogens is 6. The Hall–Kier alpha value is -4.25. The highest BCUT2D eigenvalue weighted by molar-refractivity contribution is 5.87. The average Bonchev–Trinajstić information content (AvgIpc) is 3.56. The zero-order valence-corrected chi connectivity index (χ0v) is 22.2. The van der Waals surface area contributed by atoms with Gasteiger partial charge in [-0.3, -0.25) is 4.90 Å². The van der Waals surface area contributed by atoms with Gasteiger partial charge in [-0.05, 0) is 31.0 Å². The zero-order valence-electron chi connectivity index (χ0n) is 22.2. The topological polar surface area (TPSA) is 103 Å². The van der Waals surface area contributed by atoms with Crippen LogP contribution in [0.15, 0.2) is 48.8 Å². The van der Waals surface area contributed by atoms with Gasteiger partial charge in [-0.1, -0.05) is 31.2 Å². The van der Waals surface area contributed by atoms with E-state index in [4.69, 9.17) is 15.5 Å². The summed E-state index contributed by atoms with van der Waals surface area (Å²) < 4.78 is 23.8. The van der Waals surface area contributed by atoms with Crippen LogP contribution in [0.2, 0.25) is 0 Å². The van der Waals surface area contributed by atoms with Crippen molar-refractivity contribution in [1.29, 1.82) is 0 Å². The number of nitrogens with two attached hydrogens (primary N) is 1. The molecule has 1 aliphatic rings. The normalized spacial score (nSPS) is 14.5. The molecule has 2 N–H and O–H groups in total. The van der Waals surface area contributed by atoms with Crippen molar-refractivity contribution in [2.24, 2.45) is 0 Å². The van der Waals surface area contributed by atoms with Crippen molar-refractivity contribution in [1.82, 2.24) is 34.0 Å². The lowest BCUT2D eigenvalue weighted by atomic mass is 10.1. The smallest absolute Gasteiger partial charge is 0.225 e. The van der Waals surface area contributed by atoms with E-state index in [0.29, 0.717) is 47.2 Å². The number of aryl methyl sites for hydroxylation is 1. The summed E-state index contributed by atoms with van der Waals surface area (Å²) in [5.74, 6) is 1.21. The fourth-order valence-corrected chi connectivity index (χ4v) is 5.05. The van der Waals surface area contributed by atoms with Crippen LogP contribution in [0.4, 0.5) is 16.0 Å². The van der Waals surface area contributed by atoms with Gasteiger partial charge in [-0.25, -0.2) is 14.4 Å². The van der Waals surface area contributed by atoms with E-state index >= 15 is 0 Å². The molecular formula is C28H32FN9O. The van der Waals surface area contributed by atoms with E-state index in [1.807, 2.05) is 54.8 Å². The molecule has 0 bridgehead atoms. The summed E-state index contributed by atoms with van der Waals surface area (Å²) in [5, 5.41) is 4.60. The first-order valence-corrected chi connectivity index (χ1v) is 13.3. The number of anilines is 2. The second-order valence-corrected chi connectivity index (χ2v) is 9.86. The summed E-state index contributed by atoms with van der Waals surface area (Å²) in [6.45, 7) is 9.35. The highest BCUT2D eigenvalue weighted by Gasteiger charge is 2.21. The Kier molecular flexibility index (Phi) is 6.74. The zero-order chi connectivity index (χ0) is 26.9. The lowest BCUT2D eigenvalue weighted by Crippen LogP contribution is -2.47. The van der Waals surface area contributed by atoms with Crippen LogP contribution < -0.4 is 15.4 Å². The number of piperazine rings is 1. The van der Waals surface area contributed by atoms with Gasteiger partial charge < -0.3 is 19.9 Å². The standard InChI is InChI=1S/C28H32FN9O/c1-3-16-39-20-8-9-23(22(29)17-20)36-13-10-35(11-14-36)12-15-37-18-31-24-26(37)33-28(30)38-27(24)32-25(34-38)21-7-5-4-6-19(21)2/h4-9,17-18H,3,10-16H2,1-2H3,(H2,30,33). The predicted molar refractivity (Wildman–Crippen MR) is 149 cm³/mol. The number of nitrogens with zero attached hydrogens (tertiary/aromatic N) is 8. The Labute approximate surface area is 225 Å². The summed E-state index contributed by atoms with van der Waals surface area (Å²) in [4.78, 5) is 18.4. The second-order valence-electron chi connectivity index (χ2n) is 9.86. The van der Waals surface area contributed by atoms with Crippen LogP contribution in [0.3, 0.4) is 0 Å². The van der Waals surface area contributed by atoms with Gasteiger partial charge in [-0.2, -0.15) is 9.50 Å². The van der Waals surface area contributed by atoms with Gasteiger partial charge in [0.25, 0.3) is 0 Å². The van der Waals surface area contributed by atoms with Crippen LogP contribution in [0.5, 0.6) is 5.75 Å². The van der Waals surface area contributed by atoms with E-state index in [0.717, 1.165) is 50.3 Å². The summed E-state index contributed by atoms with van der Waals surface area (Å²) in [7, 11) is 0. The molecule has 1 saturated heterocycles. The number of nitrogen functional groups attached to an aromatic ring is 1. The van der Waals surface area contributed by atoms with E-state index in [2.05, 4.69) is 24.9 Å². The lowest BCUT2D eigenvalue weighted by Gasteiger charge is -2.36. The van der Waals surface area contributed by atoms with Crippen molar-refractivity contribution >= 4 is 28.4 Å². The van der Waals surface area contributed by atoms with Crippen LogP contribution in [0.1, 0.15) is 18.9 Å². The van der Waals surface area contributed by atoms with Crippen molar-refractivity contribution in [3.05, 3.63) is 60.2 Å². The van der Waals surface area contributed by atoms with Crippen LogP contribution in [-0.4, -0.2) is 73.4 Å². The van der Waals surface area contributed by atoms with Crippen LogP contribution in [0, 0.1) is 12.7 Å². The molecule has 1 fully saturated rings. The van der Waals surface area contributed by atoms with E-state index in [-0.39, 0.29) is 11.8 Å². The maximum absolute atomic E-state index is 14.7. The van der Waals surface area contributed by atoms with Crippen LogP contribution in [0.25, 0.3) is 28.2 Å². The minimum absolute atomic E-state index is 0.240. The quantitative estimate of drug-likeness (QED) is 0.324. The molecule has 0 unspecified atom stereocenters. The van der Waals surface area contributed by atoms with Crippen LogP contribution >= 0.6 is 0 Å². The van der Waals surface area contributed by atoms with Gasteiger partial charge >= 0.3 is 0 Å². The summed E-state index contributed by atoms with van der Waals surface area (Å²) in [6.07, 6.45) is 2.68. The fraction of sp³-hybridized carbons (Fsp3) is 0.357. The Morgan fingerprint density at radius 3 is 2.59 bits per heavy atom. The molecule has 0 aliphatic carbocycles. The molecule has 0 atom stereocenters. The van der Waals surface area contributed by atoms with Gasteiger partial charge in [0.15, 0.2) is 22.6 Å². The number of hydrogen-bond acceptors (Lipinski definition) is 8. The largest absolute Gasteiger partial charge is 0.493 e. The fourth-order valence-electron chi connectivity index (χ4n) is 5.05. The molecule has 10 nitrogen and oxygen atoms in total. The summed E-state index contributed by atoms with van der Waals surface area (Å²) >= 11 is 0. The molecule has 2 aromatic carbocycles. The first-order valence-electron chi connectivity index (χ1n) is 13.3. The molecule has 202 valence electrons. The molecule has 4 heterocycles. The number of benzene rings is 2. The SMILES string of the molecule is CCCOc1ccc(N2CCN(CCn3cnc4c3nc(N)n3nc(-c5ccccc5C)nc43)CC2)c(F)c1. The minimum Gasteiger partial charge on any atom is -0.493 e. The minimum atomic E-state index is -0.240. The molecule has 0 spiro atoms. The molecule has 1 aliphatic heterocycles. The average molecular weight is 530 g/mol. The number of hydrogen-bond donors (Lipinski definition) is 1. The molecule has 6 rings (SSSR count). The number of rotatable bonds is 8. The molecule has 0 amide bonds. The predicted octanol–water partition coefficient (Wildman–Crippen LogP) is 3.78. The van der Waals surface area contributed by atoms with Gasteiger partial charge in [0.2, 0.25) is 5.95 Å². The van der Waals surface area contributed by atoms with E-state index in [9.17, 15) is 4.39 Å². The monoisotopic (exact) mass is 529 g/mol. The number of ether oxygens (including phenoxy) is 1. The molecule has 3 aromatic heterocycles. The molecule has 11 heteroatoms. The number of halogens is 1. The van der Waals surface area contributed by atoms with Gasteiger partial charge in [-0.15, -0.1) is 5.10 Å². The van der Waals surface area contributed by atoms with E-state index in [1.165, 1.54) is 6.07 Å². The second kappa shape index (κ2) is 10.5. The Morgan fingerprint density at radius 2 is 1.82 bits per heavy atom.